The topological polar surface area (TPSA) is 97.1 Å². The number of pyridine rings is 1. The molecule has 0 spiro atoms. The molecule has 2 rings (SSSR count). The molecule has 2 aromatic heterocycles. The second-order valence-corrected chi connectivity index (χ2v) is 5.98. The second kappa shape index (κ2) is 6.49. The van der Waals surface area contributed by atoms with Crippen LogP contribution in [-0.2, 0) is 23.6 Å². The molecule has 0 fully saturated rings. The Morgan fingerprint density at radius 1 is 1.38 bits per heavy atom. The summed E-state index contributed by atoms with van der Waals surface area (Å²) in [5, 5.41) is 12.6. The third kappa shape index (κ3) is 4.13. The number of rotatable bonds is 4. The highest BCUT2D eigenvalue weighted by Gasteiger charge is 2.14. The lowest BCUT2D eigenvalue weighted by Crippen LogP contribution is -2.23. The van der Waals surface area contributed by atoms with Gasteiger partial charge in [-0.05, 0) is 6.07 Å². The quantitative estimate of drug-likeness (QED) is 0.752. The molecular weight excluding hydrogens is 292 g/mol. The molecule has 0 unspecified atom stereocenters. The van der Waals surface area contributed by atoms with Crippen molar-refractivity contribution in [3.05, 3.63) is 42.0 Å². The minimum absolute atomic E-state index is 0.0242. The summed E-state index contributed by atoms with van der Waals surface area (Å²) < 4.78 is 28.4. The van der Waals surface area contributed by atoms with Gasteiger partial charge in [-0.25, -0.2) is 13.1 Å². The molecular formula is C13H14N4O3S. The van der Waals surface area contributed by atoms with E-state index in [0.29, 0.717) is 5.56 Å². The zero-order valence-corrected chi connectivity index (χ0v) is 12.1. The van der Waals surface area contributed by atoms with Crippen LogP contribution >= 0.6 is 0 Å². The van der Waals surface area contributed by atoms with Gasteiger partial charge in [-0.2, -0.15) is 5.10 Å². The predicted octanol–water partition coefficient (Wildman–Crippen LogP) is -0.363. The Hall–Kier alpha value is -2.21. The van der Waals surface area contributed by atoms with E-state index in [1.54, 1.807) is 24.1 Å². The fourth-order valence-corrected chi connectivity index (χ4v) is 2.61. The number of aliphatic hydroxyl groups excluding tert-OH is 1. The molecule has 0 aliphatic heterocycles. The summed E-state index contributed by atoms with van der Waals surface area (Å²) in [5.74, 6) is 5.06. The number of hydrogen-bond acceptors (Lipinski definition) is 5. The Labute approximate surface area is 122 Å². The molecule has 0 radical (unpaired) electrons. The van der Waals surface area contributed by atoms with E-state index in [4.69, 9.17) is 5.11 Å². The zero-order valence-electron chi connectivity index (χ0n) is 11.3. The molecule has 0 aliphatic carbocycles. The summed E-state index contributed by atoms with van der Waals surface area (Å²) in [6.07, 6.45) is 5.99. The van der Waals surface area contributed by atoms with Gasteiger partial charge >= 0.3 is 0 Å². The molecule has 0 saturated heterocycles. The van der Waals surface area contributed by atoms with E-state index in [-0.39, 0.29) is 18.0 Å². The first-order chi connectivity index (χ1) is 10.0. The predicted molar refractivity (Wildman–Crippen MR) is 75.4 cm³/mol. The lowest BCUT2D eigenvalue weighted by molar-refractivity contribution is 0.350. The van der Waals surface area contributed by atoms with Crippen molar-refractivity contribution in [2.45, 2.75) is 11.4 Å². The Morgan fingerprint density at radius 2 is 2.19 bits per heavy atom. The Morgan fingerprint density at radius 3 is 2.86 bits per heavy atom. The van der Waals surface area contributed by atoms with Crippen LogP contribution in [0.4, 0.5) is 0 Å². The fraction of sp³-hybridized carbons (Fsp3) is 0.231. The van der Waals surface area contributed by atoms with Crippen molar-refractivity contribution in [3.8, 4) is 11.8 Å². The number of sulfonamides is 1. The molecule has 0 bridgehead atoms. The second-order valence-electron chi connectivity index (χ2n) is 4.22. The summed E-state index contributed by atoms with van der Waals surface area (Å²) in [4.78, 5) is 3.87. The first-order valence-electron chi connectivity index (χ1n) is 6.03. The number of hydrogen-bond donors (Lipinski definition) is 2. The van der Waals surface area contributed by atoms with Gasteiger partial charge in [0.2, 0.25) is 10.0 Å². The largest absolute Gasteiger partial charge is 0.384 e. The average Bonchev–Trinajstić information content (AvgIpc) is 2.89. The van der Waals surface area contributed by atoms with Gasteiger partial charge in [0, 0.05) is 43.3 Å². The van der Waals surface area contributed by atoms with Gasteiger partial charge in [-0.15, -0.1) is 0 Å². The van der Waals surface area contributed by atoms with Crippen LogP contribution in [0, 0.1) is 11.8 Å². The van der Waals surface area contributed by atoms with Crippen molar-refractivity contribution >= 4 is 10.0 Å². The smallest absolute Gasteiger partial charge is 0.242 e. The van der Waals surface area contributed by atoms with E-state index in [1.807, 2.05) is 0 Å². The number of nitrogens with one attached hydrogen (secondary N) is 1. The monoisotopic (exact) mass is 306 g/mol. The minimum atomic E-state index is -3.68. The van der Waals surface area contributed by atoms with Crippen molar-refractivity contribution in [2.75, 3.05) is 6.61 Å². The maximum atomic E-state index is 12.2. The van der Waals surface area contributed by atoms with E-state index in [2.05, 4.69) is 26.6 Å². The van der Waals surface area contributed by atoms with Crippen LogP contribution in [0.25, 0.3) is 0 Å². The van der Waals surface area contributed by atoms with E-state index < -0.39 is 10.0 Å². The maximum absolute atomic E-state index is 12.2. The van der Waals surface area contributed by atoms with Gasteiger partial charge in [0.25, 0.3) is 0 Å². The van der Waals surface area contributed by atoms with Crippen molar-refractivity contribution < 1.29 is 13.5 Å². The third-order valence-corrected chi connectivity index (χ3v) is 3.93. The van der Waals surface area contributed by atoms with Crippen LogP contribution in [0.1, 0.15) is 11.1 Å². The number of nitrogens with zero attached hydrogens (tertiary/aromatic N) is 3. The van der Waals surface area contributed by atoms with E-state index >= 15 is 0 Å². The highest BCUT2D eigenvalue weighted by Crippen LogP contribution is 2.09. The van der Waals surface area contributed by atoms with Crippen LogP contribution in [0.3, 0.4) is 0 Å². The number of aromatic nitrogens is 3. The van der Waals surface area contributed by atoms with E-state index in [0.717, 1.165) is 5.56 Å². The Kier molecular flexibility index (Phi) is 4.70. The standard InChI is InChI=1S/C13H14N4O3S/c1-17-10-12(7-15-17)8-16-21(19,20)13-5-11(3-2-4-18)6-14-9-13/h5-7,9-10,16,18H,4,8H2,1H3. The summed E-state index contributed by atoms with van der Waals surface area (Å²) in [6.45, 7) is -0.154. The van der Waals surface area contributed by atoms with Crippen LogP contribution in [-0.4, -0.2) is 34.9 Å². The Bertz CT molecular complexity index is 787. The summed E-state index contributed by atoms with van der Waals surface area (Å²) in [7, 11) is -1.92. The number of aryl methyl sites for hydroxylation is 1. The fourth-order valence-electron chi connectivity index (χ4n) is 1.60. The lowest BCUT2D eigenvalue weighted by Gasteiger charge is -2.05. The minimum Gasteiger partial charge on any atom is -0.384 e. The van der Waals surface area contributed by atoms with Crippen molar-refractivity contribution in [1.29, 1.82) is 0 Å². The first-order valence-corrected chi connectivity index (χ1v) is 7.51. The summed E-state index contributed by atoms with van der Waals surface area (Å²) in [6, 6.07) is 1.40. The van der Waals surface area contributed by atoms with E-state index in [1.165, 1.54) is 18.5 Å². The van der Waals surface area contributed by atoms with Gasteiger partial charge in [0.05, 0.1) is 6.20 Å². The SMILES string of the molecule is Cn1cc(CNS(=O)(=O)c2cncc(C#CCO)c2)cn1. The molecule has 0 aliphatic rings. The van der Waals surface area contributed by atoms with Crippen LogP contribution in [0.5, 0.6) is 0 Å². The van der Waals surface area contributed by atoms with Crippen LogP contribution in [0.2, 0.25) is 0 Å². The summed E-state index contributed by atoms with van der Waals surface area (Å²) in [5.41, 5.74) is 1.18. The van der Waals surface area contributed by atoms with E-state index in [9.17, 15) is 8.42 Å². The maximum Gasteiger partial charge on any atom is 0.242 e. The molecule has 2 heterocycles. The molecule has 0 aromatic carbocycles. The van der Waals surface area contributed by atoms with Gasteiger partial charge < -0.3 is 5.11 Å². The molecule has 0 saturated carbocycles. The molecule has 0 atom stereocenters. The molecule has 2 aromatic rings. The number of aliphatic hydroxyl groups is 1. The zero-order chi connectivity index (χ0) is 15.3. The summed E-state index contributed by atoms with van der Waals surface area (Å²) >= 11 is 0. The highest BCUT2D eigenvalue weighted by molar-refractivity contribution is 7.89. The normalized spacial score (nSPS) is 11.0. The highest BCUT2D eigenvalue weighted by atomic mass is 32.2. The first kappa shape index (κ1) is 15.2. The molecule has 21 heavy (non-hydrogen) atoms. The van der Waals surface area contributed by atoms with Gasteiger partial charge in [-0.1, -0.05) is 11.8 Å². The molecule has 7 nitrogen and oxygen atoms in total. The van der Waals surface area contributed by atoms with Crippen molar-refractivity contribution in [2.24, 2.45) is 7.05 Å². The van der Waals surface area contributed by atoms with Gasteiger partial charge in [0.15, 0.2) is 0 Å². The van der Waals surface area contributed by atoms with Crippen LogP contribution < -0.4 is 4.72 Å². The van der Waals surface area contributed by atoms with Gasteiger partial charge in [-0.3, -0.25) is 9.67 Å². The van der Waals surface area contributed by atoms with Crippen molar-refractivity contribution in [1.82, 2.24) is 19.5 Å². The Balaban J connectivity index is 2.15. The van der Waals surface area contributed by atoms with Gasteiger partial charge in [0.1, 0.15) is 11.5 Å². The lowest BCUT2D eigenvalue weighted by atomic mass is 10.3. The molecule has 0 amide bonds. The van der Waals surface area contributed by atoms with Crippen molar-refractivity contribution in [3.63, 3.8) is 0 Å². The third-order valence-electron chi connectivity index (χ3n) is 2.56. The molecule has 2 N–H and O–H groups in total. The molecule has 8 heteroatoms. The average molecular weight is 306 g/mol. The van der Waals surface area contributed by atoms with Crippen LogP contribution in [0.15, 0.2) is 35.7 Å². The molecule has 110 valence electrons.